The van der Waals surface area contributed by atoms with Crippen molar-refractivity contribution < 1.29 is 9.84 Å². The summed E-state index contributed by atoms with van der Waals surface area (Å²) in [6, 6.07) is 14.7. The first kappa shape index (κ1) is 24.5. The number of anilines is 1. The number of nitrogen functional groups attached to an aromatic ring is 1. The molecule has 5 aromatic rings. The predicted octanol–water partition coefficient (Wildman–Crippen LogP) is 4.44. The molecule has 37 heavy (non-hydrogen) atoms. The molecule has 9 heteroatoms. The van der Waals surface area contributed by atoms with Gasteiger partial charge in [0.05, 0.1) is 17.3 Å². The molecule has 1 atom stereocenters. The molecule has 190 valence electrons. The highest BCUT2D eigenvalue weighted by Crippen LogP contribution is 2.32. The number of fused-ring (bicyclic) bond motifs is 2. The number of aryl methyl sites for hydroxylation is 1. The largest absolute Gasteiger partial charge is 0.508 e. The lowest BCUT2D eigenvalue weighted by Crippen LogP contribution is -2.30. The number of aromatic nitrogens is 5. The summed E-state index contributed by atoms with van der Waals surface area (Å²) in [5.41, 5.74) is 9.83. The molecule has 0 bridgehead atoms. The van der Waals surface area contributed by atoms with E-state index in [1.54, 1.807) is 30.0 Å². The average molecular weight is 499 g/mol. The summed E-state index contributed by atoms with van der Waals surface area (Å²) in [5, 5.41) is 17.1. The predicted molar refractivity (Wildman–Crippen MR) is 145 cm³/mol. The van der Waals surface area contributed by atoms with Gasteiger partial charge in [0.15, 0.2) is 5.65 Å². The van der Waals surface area contributed by atoms with Crippen LogP contribution < -0.4 is 11.3 Å². The average Bonchev–Trinajstić information content (AvgIpc) is 3.25. The molecule has 0 aliphatic carbocycles. The molecule has 2 aromatic carbocycles. The van der Waals surface area contributed by atoms with Gasteiger partial charge in [-0.3, -0.25) is 4.79 Å². The second-order valence-electron chi connectivity index (χ2n) is 9.21. The lowest BCUT2D eigenvalue weighted by atomic mass is 10.0. The van der Waals surface area contributed by atoms with Crippen LogP contribution in [-0.4, -0.2) is 43.1 Å². The third kappa shape index (κ3) is 4.42. The third-order valence-electron chi connectivity index (χ3n) is 6.85. The summed E-state index contributed by atoms with van der Waals surface area (Å²) in [5.74, 6) is 0.422. The van der Waals surface area contributed by atoms with E-state index in [1.165, 1.54) is 6.33 Å². The first-order valence-corrected chi connectivity index (χ1v) is 12.3. The molecule has 0 aliphatic heterocycles. The number of hydrogen-bond donors (Lipinski definition) is 2. The van der Waals surface area contributed by atoms with E-state index in [-0.39, 0.29) is 17.4 Å². The fraction of sp³-hybridized carbons (Fsp3) is 0.286. The van der Waals surface area contributed by atoms with Gasteiger partial charge >= 0.3 is 0 Å². The van der Waals surface area contributed by atoms with Crippen LogP contribution in [-0.2, 0) is 11.3 Å². The van der Waals surface area contributed by atoms with E-state index < -0.39 is 0 Å². The quantitative estimate of drug-likeness (QED) is 0.324. The number of methoxy groups -OCH3 is 1. The van der Waals surface area contributed by atoms with E-state index >= 15 is 0 Å². The monoisotopic (exact) mass is 498 g/mol. The van der Waals surface area contributed by atoms with Crippen LogP contribution in [0.2, 0.25) is 0 Å². The Balaban J connectivity index is 1.73. The van der Waals surface area contributed by atoms with Crippen LogP contribution in [0.25, 0.3) is 33.1 Å². The minimum atomic E-state index is -0.0430. The van der Waals surface area contributed by atoms with Crippen molar-refractivity contribution in [2.24, 2.45) is 0 Å². The number of hydrogen-bond acceptors (Lipinski definition) is 7. The number of aromatic hydroxyl groups is 1. The Hall–Kier alpha value is -4.24. The van der Waals surface area contributed by atoms with Gasteiger partial charge in [0.25, 0.3) is 5.56 Å². The van der Waals surface area contributed by atoms with Crippen molar-refractivity contribution in [3.8, 4) is 17.0 Å². The Morgan fingerprint density at radius 3 is 2.68 bits per heavy atom. The van der Waals surface area contributed by atoms with Gasteiger partial charge in [-0.05, 0) is 48.9 Å². The van der Waals surface area contributed by atoms with Gasteiger partial charge in [0.1, 0.15) is 23.6 Å². The van der Waals surface area contributed by atoms with Crippen molar-refractivity contribution in [1.82, 2.24) is 24.3 Å². The van der Waals surface area contributed by atoms with Crippen molar-refractivity contribution in [3.63, 3.8) is 0 Å². The molecule has 0 saturated heterocycles. The number of pyridine rings is 1. The van der Waals surface area contributed by atoms with Gasteiger partial charge in [-0.2, -0.15) is 5.10 Å². The zero-order chi connectivity index (χ0) is 26.1. The molecule has 3 aromatic heterocycles. The molecule has 0 spiro atoms. The molecular weight excluding hydrogens is 468 g/mol. The number of rotatable bonds is 8. The van der Waals surface area contributed by atoms with Crippen LogP contribution in [0.4, 0.5) is 5.82 Å². The van der Waals surface area contributed by atoms with Gasteiger partial charge < -0.3 is 20.1 Å². The SMILES string of the molecule is CCC(CCOC)n1c(Cn2nc(-c3cccc(O)c3)c3c(N)ncnc32)cc2cccc(C)c2c1=O. The summed E-state index contributed by atoms with van der Waals surface area (Å²) in [7, 11) is 1.67. The van der Waals surface area contributed by atoms with Gasteiger partial charge in [-0.15, -0.1) is 0 Å². The Kier molecular flexibility index (Phi) is 6.62. The Morgan fingerprint density at radius 2 is 1.92 bits per heavy atom. The van der Waals surface area contributed by atoms with Crippen molar-refractivity contribution in [3.05, 3.63) is 76.5 Å². The molecule has 0 saturated carbocycles. The van der Waals surface area contributed by atoms with Crippen LogP contribution in [0, 0.1) is 6.92 Å². The molecule has 5 rings (SSSR count). The Bertz CT molecular complexity index is 1660. The van der Waals surface area contributed by atoms with Crippen molar-refractivity contribution in [2.75, 3.05) is 19.5 Å². The summed E-state index contributed by atoms with van der Waals surface area (Å²) in [4.78, 5) is 22.6. The minimum absolute atomic E-state index is 0.0210. The molecule has 0 aliphatic rings. The maximum atomic E-state index is 13.9. The topological polar surface area (TPSA) is 121 Å². The molecule has 1 unspecified atom stereocenters. The number of benzene rings is 2. The number of phenolic OH excluding ortho intramolecular Hbond substituents is 1. The van der Waals surface area contributed by atoms with E-state index in [2.05, 4.69) is 23.0 Å². The summed E-state index contributed by atoms with van der Waals surface area (Å²) in [6.45, 7) is 4.89. The molecular formula is C28H30N6O3. The van der Waals surface area contributed by atoms with Gasteiger partial charge in [-0.25, -0.2) is 14.6 Å². The lowest BCUT2D eigenvalue weighted by molar-refractivity contribution is 0.175. The van der Waals surface area contributed by atoms with Gasteiger partial charge in [-0.1, -0.05) is 37.3 Å². The van der Waals surface area contributed by atoms with Crippen LogP contribution in [0.3, 0.4) is 0 Å². The van der Waals surface area contributed by atoms with Crippen molar-refractivity contribution in [1.29, 1.82) is 0 Å². The van der Waals surface area contributed by atoms with E-state index in [0.717, 1.165) is 28.5 Å². The second kappa shape index (κ2) is 10.0. The summed E-state index contributed by atoms with van der Waals surface area (Å²) < 4.78 is 9.00. The minimum Gasteiger partial charge on any atom is -0.508 e. The molecule has 3 N–H and O–H groups in total. The number of nitrogens with zero attached hydrogens (tertiary/aromatic N) is 5. The van der Waals surface area contributed by atoms with Gasteiger partial charge in [0, 0.05) is 31.0 Å². The normalized spacial score (nSPS) is 12.4. The second-order valence-corrected chi connectivity index (χ2v) is 9.21. The van der Waals surface area contributed by atoms with E-state index in [9.17, 15) is 9.90 Å². The first-order valence-electron chi connectivity index (χ1n) is 12.3. The highest BCUT2D eigenvalue weighted by Gasteiger charge is 2.22. The van der Waals surface area contributed by atoms with Crippen LogP contribution in [0.5, 0.6) is 5.75 Å². The summed E-state index contributed by atoms with van der Waals surface area (Å²) in [6.07, 6.45) is 2.89. The van der Waals surface area contributed by atoms with Crippen LogP contribution >= 0.6 is 0 Å². The van der Waals surface area contributed by atoms with Crippen molar-refractivity contribution >= 4 is 27.6 Å². The fourth-order valence-electron chi connectivity index (χ4n) is 5.04. The zero-order valence-electron chi connectivity index (χ0n) is 21.2. The molecule has 3 heterocycles. The fourth-order valence-corrected chi connectivity index (χ4v) is 5.04. The van der Waals surface area contributed by atoms with Crippen LogP contribution in [0.1, 0.15) is 37.1 Å². The highest BCUT2D eigenvalue weighted by atomic mass is 16.5. The third-order valence-corrected chi connectivity index (χ3v) is 6.85. The van der Waals surface area contributed by atoms with E-state index in [4.69, 9.17) is 15.6 Å². The number of phenols is 1. The van der Waals surface area contributed by atoms with E-state index in [0.29, 0.717) is 47.7 Å². The van der Waals surface area contributed by atoms with Gasteiger partial charge in [0.2, 0.25) is 0 Å². The standard InChI is InChI=1S/C28H30N6O3/c1-4-20(11-12-37-3)34-21(13-18-8-5-7-17(2)23(18)28(34)36)15-33-27-24(26(29)30-16-31-27)25(32-33)19-9-6-10-22(35)14-19/h5-10,13-14,16,20,35H,4,11-12,15H2,1-3H3,(H2,29,30,31). The number of ether oxygens (including phenoxy) is 1. The Morgan fingerprint density at radius 1 is 1.11 bits per heavy atom. The Labute approximate surface area is 214 Å². The van der Waals surface area contributed by atoms with Crippen LogP contribution in [0.15, 0.2) is 59.7 Å². The molecule has 0 amide bonds. The van der Waals surface area contributed by atoms with E-state index in [1.807, 2.05) is 35.8 Å². The van der Waals surface area contributed by atoms with Crippen molar-refractivity contribution in [2.45, 2.75) is 39.3 Å². The maximum Gasteiger partial charge on any atom is 0.259 e. The number of nitrogens with two attached hydrogens (primary N) is 1. The summed E-state index contributed by atoms with van der Waals surface area (Å²) >= 11 is 0. The molecule has 0 fully saturated rings. The maximum absolute atomic E-state index is 13.9. The first-order chi connectivity index (χ1) is 17.9. The smallest absolute Gasteiger partial charge is 0.259 e. The lowest BCUT2D eigenvalue weighted by Gasteiger charge is -2.23. The molecule has 0 radical (unpaired) electrons. The zero-order valence-corrected chi connectivity index (χ0v) is 21.2. The molecule has 9 nitrogen and oxygen atoms in total. The highest BCUT2D eigenvalue weighted by molar-refractivity contribution is 5.98.